The molecular weight excluding hydrogens is 370 g/mol. The summed E-state index contributed by atoms with van der Waals surface area (Å²) in [5, 5.41) is 6.85. The highest BCUT2D eigenvalue weighted by atomic mass is 32.2. The Hall–Kier alpha value is -3.07. The molecule has 3 aromatic rings. The van der Waals surface area contributed by atoms with E-state index in [2.05, 4.69) is 14.9 Å². The van der Waals surface area contributed by atoms with Crippen molar-refractivity contribution in [3.05, 3.63) is 53.4 Å². The van der Waals surface area contributed by atoms with Gasteiger partial charge in [0.2, 0.25) is 0 Å². The van der Waals surface area contributed by atoms with E-state index >= 15 is 0 Å². The molecule has 2 heterocycles. The molecule has 0 atom stereocenters. The van der Waals surface area contributed by atoms with Crippen molar-refractivity contribution in [3.8, 4) is 11.5 Å². The van der Waals surface area contributed by atoms with E-state index in [0.29, 0.717) is 11.5 Å². The maximum absolute atomic E-state index is 12.8. The predicted octanol–water partition coefficient (Wildman–Crippen LogP) is 3.26. The molecule has 0 aliphatic heterocycles. The zero-order valence-electron chi connectivity index (χ0n) is 15.1. The Morgan fingerprint density at radius 3 is 2.70 bits per heavy atom. The van der Waals surface area contributed by atoms with Crippen LogP contribution in [0.5, 0.6) is 0 Å². The number of nitrogens with one attached hydrogen (secondary N) is 2. The topological polar surface area (TPSA) is 114 Å². The molecule has 8 nitrogen and oxygen atoms in total. The molecular formula is C18H19N3O5S. The number of furan rings is 1. The fourth-order valence-corrected chi connectivity index (χ4v) is 3.77. The number of carbonyl (C=O) groups excluding carboxylic acids is 1. The van der Waals surface area contributed by atoms with Crippen LogP contribution in [0.3, 0.4) is 0 Å². The first-order chi connectivity index (χ1) is 12.8. The number of carbonyl (C=O) groups is 1. The predicted molar refractivity (Wildman–Crippen MR) is 99.0 cm³/mol. The maximum atomic E-state index is 12.8. The molecule has 3 rings (SSSR count). The number of anilines is 1. The number of aromatic nitrogens is 2. The van der Waals surface area contributed by atoms with E-state index in [1.165, 1.54) is 12.1 Å². The van der Waals surface area contributed by atoms with Crippen LogP contribution in [0.25, 0.3) is 11.5 Å². The van der Waals surface area contributed by atoms with Crippen LogP contribution in [0.1, 0.15) is 28.7 Å². The van der Waals surface area contributed by atoms with Crippen LogP contribution in [0, 0.1) is 13.8 Å². The van der Waals surface area contributed by atoms with Gasteiger partial charge in [0.05, 0.1) is 12.2 Å². The van der Waals surface area contributed by atoms with Gasteiger partial charge in [0.1, 0.15) is 16.3 Å². The highest BCUT2D eigenvalue weighted by molar-refractivity contribution is 7.92. The molecule has 2 aromatic heterocycles. The second-order valence-electron chi connectivity index (χ2n) is 5.87. The highest BCUT2D eigenvalue weighted by Gasteiger charge is 2.23. The minimum Gasteiger partial charge on any atom is -0.462 e. The summed E-state index contributed by atoms with van der Waals surface area (Å²) in [4.78, 5) is 11.8. The average molecular weight is 389 g/mol. The molecule has 0 fully saturated rings. The van der Waals surface area contributed by atoms with E-state index in [1.54, 1.807) is 38.1 Å². The average Bonchev–Trinajstić information content (AvgIpc) is 3.21. The minimum atomic E-state index is -3.91. The summed E-state index contributed by atoms with van der Waals surface area (Å²) in [6.07, 6.45) is 0. The Balaban J connectivity index is 1.88. The second kappa shape index (κ2) is 7.28. The Labute approximate surface area is 156 Å². The number of nitrogens with zero attached hydrogens (tertiary/aromatic N) is 1. The summed E-state index contributed by atoms with van der Waals surface area (Å²) in [5.41, 5.74) is 1.85. The maximum Gasteiger partial charge on any atom is 0.338 e. The summed E-state index contributed by atoms with van der Waals surface area (Å²) >= 11 is 0. The minimum absolute atomic E-state index is 0.000286. The van der Waals surface area contributed by atoms with Gasteiger partial charge in [-0.3, -0.25) is 9.82 Å². The van der Waals surface area contributed by atoms with E-state index in [4.69, 9.17) is 9.15 Å². The lowest BCUT2D eigenvalue weighted by Gasteiger charge is -2.08. The fourth-order valence-electron chi connectivity index (χ4n) is 2.54. The molecule has 0 amide bonds. The number of esters is 1. The van der Waals surface area contributed by atoms with Gasteiger partial charge in [-0.25, -0.2) is 13.2 Å². The number of ether oxygens (including phenoxy) is 1. The van der Waals surface area contributed by atoms with Gasteiger partial charge in [-0.15, -0.1) is 0 Å². The van der Waals surface area contributed by atoms with Gasteiger partial charge in [-0.05, 0) is 45.0 Å². The largest absolute Gasteiger partial charge is 0.462 e. The molecule has 0 saturated carbocycles. The van der Waals surface area contributed by atoms with E-state index in [9.17, 15) is 13.2 Å². The summed E-state index contributed by atoms with van der Waals surface area (Å²) in [5.74, 6) is 0.0615. The molecule has 0 unspecified atom stereocenters. The van der Waals surface area contributed by atoms with Gasteiger partial charge in [0.15, 0.2) is 5.76 Å². The van der Waals surface area contributed by atoms with Gasteiger partial charge in [-0.2, -0.15) is 5.10 Å². The van der Waals surface area contributed by atoms with Crippen molar-refractivity contribution < 1.29 is 22.4 Å². The number of benzene rings is 1. The van der Waals surface area contributed by atoms with Crippen LogP contribution < -0.4 is 4.72 Å². The third-order valence-corrected chi connectivity index (χ3v) is 5.23. The fraction of sp³-hybridized carbons (Fsp3) is 0.222. The molecule has 27 heavy (non-hydrogen) atoms. The second-order valence-corrected chi connectivity index (χ2v) is 7.52. The molecule has 0 radical (unpaired) electrons. The van der Waals surface area contributed by atoms with Crippen molar-refractivity contribution in [1.82, 2.24) is 10.2 Å². The Kier molecular flexibility index (Phi) is 5.04. The number of H-pyrrole nitrogens is 1. The van der Waals surface area contributed by atoms with E-state index in [0.717, 1.165) is 5.69 Å². The number of hydrogen-bond acceptors (Lipinski definition) is 6. The first-order valence-electron chi connectivity index (χ1n) is 8.23. The zero-order valence-corrected chi connectivity index (χ0v) is 15.9. The Morgan fingerprint density at radius 1 is 1.26 bits per heavy atom. The number of hydrogen-bond donors (Lipinski definition) is 2. The molecule has 0 aliphatic carbocycles. The monoisotopic (exact) mass is 389 g/mol. The van der Waals surface area contributed by atoms with Gasteiger partial charge in [-0.1, -0.05) is 6.07 Å². The van der Waals surface area contributed by atoms with Crippen molar-refractivity contribution in [2.45, 2.75) is 25.7 Å². The summed E-state index contributed by atoms with van der Waals surface area (Å²) in [6.45, 7) is 5.33. The van der Waals surface area contributed by atoms with Crippen LogP contribution in [0.4, 0.5) is 5.69 Å². The van der Waals surface area contributed by atoms with Crippen molar-refractivity contribution in [3.63, 3.8) is 0 Å². The Morgan fingerprint density at radius 2 is 2.04 bits per heavy atom. The van der Waals surface area contributed by atoms with Gasteiger partial charge < -0.3 is 9.15 Å². The smallest absolute Gasteiger partial charge is 0.338 e. The number of rotatable bonds is 6. The van der Waals surface area contributed by atoms with Crippen LogP contribution >= 0.6 is 0 Å². The SMILES string of the molecule is CCOC(=O)c1cccc(NS(=O)(=O)c2cc(-c3cc(C)[nH]n3)oc2C)c1. The van der Waals surface area contributed by atoms with E-state index in [-0.39, 0.29) is 28.5 Å². The quantitative estimate of drug-likeness (QED) is 0.626. The lowest BCUT2D eigenvalue weighted by molar-refractivity contribution is 0.0526. The van der Waals surface area contributed by atoms with Crippen molar-refractivity contribution in [2.75, 3.05) is 11.3 Å². The van der Waals surface area contributed by atoms with Crippen LogP contribution in [-0.2, 0) is 14.8 Å². The molecule has 1 aromatic carbocycles. The van der Waals surface area contributed by atoms with Crippen molar-refractivity contribution >= 4 is 21.7 Å². The first kappa shape index (κ1) is 18.7. The van der Waals surface area contributed by atoms with Gasteiger partial charge >= 0.3 is 5.97 Å². The van der Waals surface area contributed by atoms with Crippen LogP contribution in [0.2, 0.25) is 0 Å². The number of aryl methyl sites for hydroxylation is 2. The van der Waals surface area contributed by atoms with Gasteiger partial charge in [0.25, 0.3) is 10.0 Å². The lowest BCUT2D eigenvalue weighted by Crippen LogP contribution is -2.14. The molecule has 0 spiro atoms. The van der Waals surface area contributed by atoms with Crippen molar-refractivity contribution in [2.24, 2.45) is 0 Å². The third kappa shape index (κ3) is 4.03. The Bertz CT molecular complexity index is 1080. The molecule has 9 heteroatoms. The first-order valence-corrected chi connectivity index (χ1v) is 9.71. The molecule has 2 N–H and O–H groups in total. The van der Waals surface area contributed by atoms with Crippen LogP contribution in [0.15, 0.2) is 45.7 Å². The lowest BCUT2D eigenvalue weighted by atomic mass is 10.2. The van der Waals surface area contributed by atoms with Gasteiger partial charge in [0, 0.05) is 17.4 Å². The van der Waals surface area contributed by atoms with E-state index in [1.807, 2.05) is 6.92 Å². The molecule has 0 saturated heterocycles. The number of aromatic amines is 1. The molecule has 0 aliphatic rings. The van der Waals surface area contributed by atoms with E-state index < -0.39 is 16.0 Å². The normalized spacial score (nSPS) is 11.4. The zero-order chi connectivity index (χ0) is 19.6. The third-order valence-electron chi connectivity index (χ3n) is 3.75. The molecule has 0 bridgehead atoms. The summed E-state index contributed by atoms with van der Waals surface area (Å²) in [6, 6.07) is 9.27. The number of sulfonamides is 1. The van der Waals surface area contributed by atoms with Crippen molar-refractivity contribution in [1.29, 1.82) is 0 Å². The summed E-state index contributed by atoms with van der Waals surface area (Å²) < 4.78 is 38.5. The highest BCUT2D eigenvalue weighted by Crippen LogP contribution is 2.28. The standard InChI is InChI=1S/C18H19N3O5S/c1-4-25-18(22)13-6-5-7-14(9-13)21-27(23,24)17-10-16(26-12(17)3)15-8-11(2)19-20-15/h5-10,21H,4H2,1-3H3,(H,19,20). The van der Waals surface area contributed by atoms with Crippen LogP contribution in [-0.4, -0.2) is 31.2 Å². The molecule has 142 valence electrons. The summed E-state index contributed by atoms with van der Waals surface area (Å²) in [7, 11) is -3.91.